The number of H-pyrrole nitrogens is 1. The number of carbonyl (C=O) groups is 1. The summed E-state index contributed by atoms with van der Waals surface area (Å²) >= 11 is 0. The molecule has 1 aromatic rings. The van der Waals surface area contributed by atoms with Gasteiger partial charge in [-0.2, -0.15) is 0 Å². The Hall–Kier alpha value is -1.98. The topological polar surface area (TPSA) is 80.4 Å². The second kappa shape index (κ2) is 5.20. The minimum atomic E-state index is -0.249. The van der Waals surface area contributed by atoms with Crippen LogP contribution in [-0.4, -0.2) is 25.1 Å². The van der Waals surface area contributed by atoms with Crippen molar-refractivity contribution in [3.63, 3.8) is 0 Å². The normalized spacial score (nSPS) is 9.69. The van der Waals surface area contributed by atoms with E-state index in [0.717, 1.165) is 0 Å². The van der Waals surface area contributed by atoms with Gasteiger partial charge in [0, 0.05) is 13.0 Å². The third-order valence-corrected chi connectivity index (χ3v) is 2.01. The van der Waals surface area contributed by atoms with E-state index < -0.39 is 0 Å². The largest absolute Gasteiger partial charge is 0.482 e. The van der Waals surface area contributed by atoms with Crippen LogP contribution in [0.25, 0.3) is 0 Å². The molecule has 0 aliphatic heterocycles. The SMILES string of the molecule is COc1cc(=O)c(CNC(C)=O)c(OC)[nH]1. The lowest BCUT2D eigenvalue weighted by atomic mass is 10.2. The molecule has 0 atom stereocenters. The minimum absolute atomic E-state index is 0.123. The third kappa shape index (κ3) is 2.75. The van der Waals surface area contributed by atoms with Crippen molar-refractivity contribution in [1.82, 2.24) is 10.3 Å². The first-order valence-electron chi connectivity index (χ1n) is 4.67. The maximum atomic E-state index is 11.7. The lowest BCUT2D eigenvalue weighted by molar-refractivity contribution is -0.119. The molecule has 0 fully saturated rings. The van der Waals surface area contributed by atoms with Gasteiger partial charge in [0.2, 0.25) is 11.8 Å². The number of ether oxygens (including phenoxy) is 2. The minimum Gasteiger partial charge on any atom is -0.482 e. The lowest BCUT2D eigenvalue weighted by Gasteiger charge is -2.09. The van der Waals surface area contributed by atoms with Crippen molar-refractivity contribution < 1.29 is 14.3 Å². The molecule has 0 saturated heterocycles. The Labute approximate surface area is 92.6 Å². The molecule has 16 heavy (non-hydrogen) atoms. The highest BCUT2D eigenvalue weighted by Crippen LogP contribution is 2.15. The van der Waals surface area contributed by atoms with Gasteiger partial charge in [0.25, 0.3) is 0 Å². The molecule has 0 saturated carbocycles. The van der Waals surface area contributed by atoms with Gasteiger partial charge in [-0.1, -0.05) is 0 Å². The first kappa shape index (κ1) is 12.1. The van der Waals surface area contributed by atoms with Crippen LogP contribution in [0.15, 0.2) is 10.9 Å². The molecule has 1 heterocycles. The average Bonchev–Trinajstić information content (AvgIpc) is 2.26. The molecule has 1 amide bonds. The van der Waals surface area contributed by atoms with Gasteiger partial charge in [0.05, 0.1) is 26.3 Å². The fraction of sp³-hybridized carbons (Fsp3) is 0.400. The Balaban J connectivity index is 3.06. The Kier molecular flexibility index (Phi) is 3.93. The predicted molar refractivity (Wildman–Crippen MR) is 57.7 cm³/mol. The number of amides is 1. The summed E-state index contributed by atoms with van der Waals surface area (Å²) in [6.45, 7) is 1.50. The molecule has 0 unspecified atom stereocenters. The van der Waals surface area contributed by atoms with Crippen LogP contribution in [0.5, 0.6) is 11.8 Å². The van der Waals surface area contributed by atoms with Crippen LogP contribution in [0.1, 0.15) is 12.5 Å². The van der Waals surface area contributed by atoms with Crippen LogP contribution in [-0.2, 0) is 11.3 Å². The Bertz CT molecular complexity index is 439. The number of hydrogen-bond acceptors (Lipinski definition) is 4. The standard InChI is InChI=1S/C10H14N2O4/c1-6(13)11-5-7-8(14)4-9(15-2)12-10(7)16-3/h4H,5H2,1-3H3,(H,11,13)(H,12,14). The molecule has 1 aromatic heterocycles. The highest BCUT2D eigenvalue weighted by molar-refractivity contribution is 5.72. The van der Waals surface area contributed by atoms with Crippen LogP contribution < -0.4 is 20.2 Å². The number of rotatable bonds is 4. The van der Waals surface area contributed by atoms with E-state index >= 15 is 0 Å². The summed E-state index contributed by atoms with van der Waals surface area (Å²) in [7, 11) is 2.88. The fourth-order valence-electron chi connectivity index (χ4n) is 1.21. The molecular formula is C10H14N2O4. The van der Waals surface area contributed by atoms with Crippen molar-refractivity contribution in [2.24, 2.45) is 0 Å². The van der Waals surface area contributed by atoms with Crippen molar-refractivity contribution in [2.75, 3.05) is 14.2 Å². The van der Waals surface area contributed by atoms with Crippen molar-refractivity contribution in [3.05, 3.63) is 21.9 Å². The van der Waals surface area contributed by atoms with E-state index in [1.165, 1.54) is 27.2 Å². The molecule has 6 heteroatoms. The quantitative estimate of drug-likeness (QED) is 0.759. The van der Waals surface area contributed by atoms with E-state index in [9.17, 15) is 9.59 Å². The van der Waals surface area contributed by atoms with Crippen LogP contribution in [0.4, 0.5) is 0 Å². The number of pyridine rings is 1. The van der Waals surface area contributed by atoms with Crippen molar-refractivity contribution in [2.45, 2.75) is 13.5 Å². The summed E-state index contributed by atoms with van der Waals surface area (Å²) in [4.78, 5) is 25.2. The summed E-state index contributed by atoms with van der Waals surface area (Å²) in [5, 5.41) is 2.54. The van der Waals surface area contributed by atoms with E-state index in [1.54, 1.807) is 0 Å². The second-order valence-corrected chi connectivity index (χ2v) is 3.12. The second-order valence-electron chi connectivity index (χ2n) is 3.12. The molecule has 0 spiro atoms. The monoisotopic (exact) mass is 226 g/mol. The zero-order valence-corrected chi connectivity index (χ0v) is 9.42. The van der Waals surface area contributed by atoms with E-state index in [2.05, 4.69) is 10.3 Å². The Morgan fingerprint density at radius 3 is 2.62 bits per heavy atom. The molecule has 0 radical (unpaired) electrons. The summed E-state index contributed by atoms with van der Waals surface area (Å²) in [5.74, 6) is 0.392. The van der Waals surface area contributed by atoms with Crippen molar-refractivity contribution in [1.29, 1.82) is 0 Å². The van der Waals surface area contributed by atoms with Crippen LogP contribution in [0, 0.1) is 0 Å². The van der Waals surface area contributed by atoms with E-state index in [-0.39, 0.29) is 23.8 Å². The van der Waals surface area contributed by atoms with Crippen LogP contribution in [0.3, 0.4) is 0 Å². The number of hydrogen-bond donors (Lipinski definition) is 2. The highest BCUT2D eigenvalue weighted by Gasteiger charge is 2.10. The van der Waals surface area contributed by atoms with Gasteiger partial charge in [-0.25, -0.2) is 0 Å². The summed E-state index contributed by atoms with van der Waals surface area (Å²) in [6, 6.07) is 1.31. The fourth-order valence-corrected chi connectivity index (χ4v) is 1.21. The molecular weight excluding hydrogens is 212 g/mol. The smallest absolute Gasteiger partial charge is 0.217 e. The van der Waals surface area contributed by atoms with Gasteiger partial charge < -0.3 is 14.8 Å². The van der Waals surface area contributed by atoms with Gasteiger partial charge in [-0.3, -0.25) is 14.6 Å². The van der Waals surface area contributed by atoms with Gasteiger partial charge >= 0.3 is 0 Å². The maximum absolute atomic E-state index is 11.7. The van der Waals surface area contributed by atoms with Crippen LogP contribution >= 0.6 is 0 Å². The number of nitrogens with one attached hydrogen (secondary N) is 2. The number of carbonyl (C=O) groups excluding carboxylic acids is 1. The summed E-state index contributed by atoms with van der Waals surface area (Å²) < 4.78 is 9.91. The zero-order chi connectivity index (χ0) is 12.1. The molecule has 0 bridgehead atoms. The Morgan fingerprint density at radius 2 is 2.12 bits per heavy atom. The Morgan fingerprint density at radius 1 is 1.44 bits per heavy atom. The van der Waals surface area contributed by atoms with Crippen LogP contribution in [0.2, 0.25) is 0 Å². The first-order valence-corrected chi connectivity index (χ1v) is 4.67. The predicted octanol–water partition coefficient (Wildman–Crippen LogP) is 0.0282. The zero-order valence-electron chi connectivity index (χ0n) is 9.42. The third-order valence-electron chi connectivity index (χ3n) is 2.01. The van der Waals surface area contributed by atoms with Gasteiger partial charge in [-0.15, -0.1) is 0 Å². The van der Waals surface area contributed by atoms with Gasteiger partial charge in [0.1, 0.15) is 0 Å². The van der Waals surface area contributed by atoms with E-state index in [4.69, 9.17) is 9.47 Å². The molecule has 88 valence electrons. The molecule has 6 nitrogen and oxygen atoms in total. The molecule has 0 aliphatic rings. The maximum Gasteiger partial charge on any atom is 0.217 e. The lowest BCUT2D eigenvalue weighted by Crippen LogP contribution is -2.24. The molecule has 2 N–H and O–H groups in total. The van der Waals surface area contributed by atoms with Gasteiger partial charge in [0.15, 0.2) is 11.3 Å². The molecule has 0 aromatic carbocycles. The van der Waals surface area contributed by atoms with Gasteiger partial charge in [-0.05, 0) is 0 Å². The van der Waals surface area contributed by atoms with E-state index in [0.29, 0.717) is 11.4 Å². The average molecular weight is 226 g/mol. The molecule has 1 rings (SSSR count). The van der Waals surface area contributed by atoms with Crippen molar-refractivity contribution in [3.8, 4) is 11.8 Å². The summed E-state index contributed by atoms with van der Waals surface area (Å²) in [6.07, 6.45) is 0. The van der Waals surface area contributed by atoms with E-state index in [1.807, 2.05) is 0 Å². The number of methoxy groups -OCH3 is 2. The molecule has 0 aliphatic carbocycles. The highest BCUT2D eigenvalue weighted by atomic mass is 16.5. The van der Waals surface area contributed by atoms with Crippen molar-refractivity contribution >= 4 is 5.91 Å². The number of aromatic amines is 1. The first-order chi connectivity index (χ1) is 7.58. The number of aromatic nitrogens is 1. The summed E-state index contributed by atoms with van der Waals surface area (Å²) in [5.41, 5.74) is 0.111.